The van der Waals surface area contributed by atoms with Crippen molar-refractivity contribution in [3.63, 3.8) is 0 Å². The van der Waals surface area contributed by atoms with Gasteiger partial charge >= 0.3 is 5.97 Å². The number of carboxylic acid groups (broad SMARTS) is 1. The van der Waals surface area contributed by atoms with Gasteiger partial charge in [-0.2, -0.15) is 0 Å². The van der Waals surface area contributed by atoms with Gasteiger partial charge in [0.2, 0.25) is 0 Å². The van der Waals surface area contributed by atoms with E-state index >= 15 is 0 Å². The molecule has 0 unspecified atom stereocenters. The number of halogens is 2. The van der Waals surface area contributed by atoms with E-state index in [1.807, 2.05) is 0 Å². The van der Waals surface area contributed by atoms with Gasteiger partial charge in [0, 0.05) is 10.7 Å². The van der Waals surface area contributed by atoms with E-state index in [1.54, 1.807) is 12.1 Å². The Hall–Kier alpha value is -1.95. The molecular formula is C12H8BrFN2O2. The average molecular weight is 311 g/mol. The quantitative estimate of drug-likeness (QED) is 0.911. The number of rotatable bonds is 3. The molecule has 2 rings (SSSR count). The van der Waals surface area contributed by atoms with Crippen LogP contribution in [0, 0.1) is 5.82 Å². The second-order valence-corrected chi connectivity index (χ2v) is 4.31. The summed E-state index contributed by atoms with van der Waals surface area (Å²) in [6.45, 7) is 0. The largest absolute Gasteiger partial charge is 0.478 e. The van der Waals surface area contributed by atoms with Crippen molar-refractivity contribution in [1.82, 2.24) is 4.98 Å². The number of pyridine rings is 1. The van der Waals surface area contributed by atoms with E-state index in [-0.39, 0.29) is 17.1 Å². The summed E-state index contributed by atoms with van der Waals surface area (Å²) in [5.41, 5.74) is 0.299. The van der Waals surface area contributed by atoms with Gasteiger partial charge in [-0.25, -0.2) is 14.2 Å². The summed E-state index contributed by atoms with van der Waals surface area (Å²) < 4.78 is 14.1. The molecule has 1 aromatic carbocycles. The molecule has 0 aliphatic rings. The zero-order valence-electron chi connectivity index (χ0n) is 9.02. The Labute approximate surface area is 111 Å². The highest BCUT2D eigenvalue weighted by Crippen LogP contribution is 2.27. The van der Waals surface area contributed by atoms with Gasteiger partial charge < -0.3 is 10.4 Å². The summed E-state index contributed by atoms with van der Waals surface area (Å²) in [6.07, 6.45) is 1.35. The molecule has 0 saturated heterocycles. The maximum atomic E-state index is 13.6. The fourth-order valence-electron chi connectivity index (χ4n) is 1.38. The Bertz CT molecular complexity index is 584. The van der Waals surface area contributed by atoms with Gasteiger partial charge in [-0.3, -0.25) is 0 Å². The molecular weight excluding hydrogens is 303 g/mol. The van der Waals surface area contributed by atoms with Crippen LogP contribution in [0.5, 0.6) is 0 Å². The van der Waals surface area contributed by atoms with Crippen molar-refractivity contribution in [3.8, 4) is 0 Å². The summed E-state index contributed by atoms with van der Waals surface area (Å²) in [5, 5.41) is 11.6. The van der Waals surface area contributed by atoms with Crippen molar-refractivity contribution >= 4 is 33.4 Å². The Kier molecular flexibility index (Phi) is 3.57. The highest BCUT2D eigenvalue weighted by Gasteiger charge is 2.09. The summed E-state index contributed by atoms with van der Waals surface area (Å²) in [6, 6.07) is 7.23. The molecule has 92 valence electrons. The zero-order chi connectivity index (χ0) is 13.1. The molecule has 1 aromatic heterocycles. The highest BCUT2D eigenvalue weighted by molar-refractivity contribution is 9.10. The fraction of sp³-hybridized carbons (Fsp3) is 0. The lowest BCUT2D eigenvalue weighted by atomic mass is 10.2. The lowest BCUT2D eigenvalue weighted by Crippen LogP contribution is -2.01. The van der Waals surface area contributed by atoms with Crippen LogP contribution in [0.2, 0.25) is 0 Å². The van der Waals surface area contributed by atoms with Gasteiger partial charge in [0.15, 0.2) is 0 Å². The predicted molar refractivity (Wildman–Crippen MR) is 68.6 cm³/mol. The van der Waals surface area contributed by atoms with Gasteiger partial charge in [-0.05, 0) is 40.2 Å². The normalized spacial score (nSPS) is 10.1. The van der Waals surface area contributed by atoms with Gasteiger partial charge in [0.1, 0.15) is 11.6 Å². The molecule has 0 radical (unpaired) electrons. The van der Waals surface area contributed by atoms with E-state index in [0.29, 0.717) is 4.47 Å². The molecule has 18 heavy (non-hydrogen) atoms. The smallest absolute Gasteiger partial charge is 0.335 e. The number of aromatic carboxylic acids is 1. The molecule has 0 aliphatic heterocycles. The second-order valence-electron chi connectivity index (χ2n) is 3.46. The minimum atomic E-state index is -1.06. The van der Waals surface area contributed by atoms with Crippen LogP contribution in [-0.4, -0.2) is 16.1 Å². The lowest BCUT2D eigenvalue weighted by molar-refractivity contribution is 0.0697. The minimum absolute atomic E-state index is 0.0833. The van der Waals surface area contributed by atoms with E-state index in [2.05, 4.69) is 26.2 Å². The second kappa shape index (κ2) is 5.14. The molecule has 4 nitrogen and oxygen atoms in total. The molecule has 0 aliphatic carbocycles. The third-order valence-electron chi connectivity index (χ3n) is 2.22. The van der Waals surface area contributed by atoms with Gasteiger partial charge in [-0.1, -0.05) is 6.07 Å². The fourth-order valence-corrected chi connectivity index (χ4v) is 1.82. The topological polar surface area (TPSA) is 62.2 Å². The Morgan fingerprint density at radius 1 is 1.39 bits per heavy atom. The zero-order valence-corrected chi connectivity index (χ0v) is 10.6. The van der Waals surface area contributed by atoms with E-state index in [0.717, 1.165) is 0 Å². The number of nitrogens with one attached hydrogen (secondary N) is 1. The number of aromatic nitrogens is 1. The van der Waals surface area contributed by atoms with Crippen molar-refractivity contribution in [1.29, 1.82) is 0 Å². The van der Waals surface area contributed by atoms with Crippen LogP contribution in [-0.2, 0) is 0 Å². The van der Waals surface area contributed by atoms with Crippen molar-refractivity contribution < 1.29 is 14.3 Å². The van der Waals surface area contributed by atoms with Crippen molar-refractivity contribution in [2.24, 2.45) is 0 Å². The summed E-state index contributed by atoms with van der Waals surface area (Å²) in [4.78, 5) is 14.7. The van der Waals surface area contributed by atoms with Crippen LogP contribution in [0.15, 0.2) is 41.0 Å². The first-order valence-electron chi connectivity index (χ1n) is 4.98. The molecule has 2 N–H and O–H groups in total. The first-order valence-corrected chi connectivity index (χ1v) is 5.77. The standard InChI is InChI=1S/C12H8BrFN2O2/c13-8-2-1-3-9(14)11(8)16-10-6-7(12(17)18)4-5-15-10/h1-6H,(H,15,16)(H,17,18). The Morgan fingerprint density at radius 2 is 2.17 bits per heavy atom. The van der Waals surface area contributed by atoms with Crippen LogP contribution in [0.3, 0.4) is 0 Å². The Balaban J connectivity index is 2.34. The molecule has 0 atom stereocenters. The molecule has 1 heterocycles. The van der Waals surface area contributed by atoms with E-state index in [9.17, 15) is 9.18 Å². The van der Waals surface area contributed by atoms with E-state index < -0.39 is 11.8 Å². The number of nitrogens with zero attached hydrogens (tertiary/aromatic N) is 1. The third-order valence-corrected chi connectivity index (χ3v) is 2.88. The number of carboxylic acids is 1. The van der Waals surface area contributed by atoms with Crippen LogP contribution >= 0.6 is 15.9 Å². The number of benzene rings is 1. The van der Waals surface area contributed by atoms with E-state index in [1.165, 1.54) is 24.4 Å². The van der Waals surface area contributed by atoms with Crippen LogP contribution < -0.4 is 5.32 Å². The first-order chi connectivity index (χ1) is 8.58. The van der Waals surface area contributed by atoms with Crippen molar-refractivity contribution in [3.05, 3.63) is 52.4 Å². The van der Waals surface area contributed by atoms with E-state index in [4.69, 9.17) is 5.11 Å². The number of hydrogen-bond acceptors (Lipinski definition) is 3. The molecule has 6 heteroatoms. The summed E-state index contributed by atoms with van der Waals surface area (Å²) in [5.74, 6) is -1.25. The predicted octanol–water partition coefficient (Wildman–Crippen LogP) is 3.43. The van der Waals surface area contributed by atoms with Gasteiger partial charge in [0.25, 0.3) is 0 Å². The number of para-hydroxylation sites is 1. The van der Waals surface area contributed by atoms with Crippen LogP contribution in [0.1, 0.15) is 10.4 Å². The maximum absolute atomic E-state index is 13.6. The molecule has 2 aromatic rings. The number of hydrogen-bond donors (Lipinski definition) is 2. The lowest BCUT2D eigenvalue weighted by Gasteiger charge is -2.09. The van der Waals surface area contributed by atoms with Crippen molar-refractivity contribution in [2.45, 2.75) is 0 Å². The van der Waals surface area contributed by atoms with Crippen LogP contribution in [0.4, 0.5) is 15.9 Å². The van der Waals surface area contributed by atoms with Crippen molar-refractivity contribution in [2.75, 3.05) is 5.32 Å². The molecule has 0 spiro atoms. The Morgan fingerprint density at radius 3 is 2.83 bits per heavy atom. The van der Waals surface area contributed by atoms with Crippen LogP contribution in [0.25, 0.3) is 0 Å². The molecule has 0 saturated carbocycles. The van der Waals surface area contributed by atoms with Gasteiger partial charge in [-0.15, -0.1) is 0 Å². The molecule has 0 fully saturated rings. The SMILES string of the molecule is O=C(O)c1ccnc(Nc2c(F)cccc2Br)c1. The average Bonchev–Trinajstić information content (AvgIpc) is 2.34. The molecule has 0 amide bonds. The summed E-state index contributed by atoms with van der Waals surface area (Å²) in [7, 11) is 0. The third kappa shape index (κ3) is 2.65. The monoisotopic (exact) mass is 310 g/mol. The number of anilines is 2. The number of carbonyl (C=O) groups is 1. The molecule has 0 bridgehead atoms. The maximum Gasteiger partial charge on any atom is 0.335 e. The summed E-state index contributed by atoms with van der Waals surface area (Å²) >= 11 is 3.21. The minimum Gasteiger partial charge on any atom is -0.478 e. The highest BCUT2D eigenvalue weighted by atomic mass is 79.9. The first kappa shape index (κ1) is 12.5. The van der Waals surface area contributed by atoms with Gasteiger partial charge in [0.05, 0.1) is 11.3 Å².